The number of anilines is 1. The van der Waals surface area contributed by atoms with Crippen molar-refractivity contribution in [1.29, 1.82) is 0 Å². The molecule has 0 aliphatic carbocycles. The lowest BCUT2D eigenvalue weighted by Gasteiger charge is -2.09. The first-order valence-electron chi connectivity index (χ1n) is 6.37. The number of ether oxygens (including phenoxy) is 1. The van der Waals surface area contributed by atoms with Gasteiger partial charge in [-0.05, 0) is 36.8 Å². The normalized spacial score (nSPS) is 10.0. The van der Waals surface area contributed by atoms with Crippen LogP contribution in [0.3, 0.4) is 0 Å². The third-order valence-electron chi connectivity index (χ3n) is 3.08. The second-order valence-electron chi connectivity index (χ2n) is 4.58. The standard InChI is InChI=1S/C16H16N2O2S/c1-10-6-7-12(9-14(10)20-2)16(19)18-13-5-3-4-11(8-13)15(17)21/h3-9H,1-2H3,(H2,17,21)(H,18,19). The largest absolute Gasteiger partial charge is 0.496 e. The van der Waals surface area contributed by atoms with Gasteiger partial charge in [0.1, 0.15) is 10.7 Å². The molecule has 2 aromatic carbocycles. The molecule has 3 N–H and O–H groups in total. The second-order valence-corrected chi connectivity index (χ2v) is 5.02. The number of carbonyl (C=O) groups is 1. The van der Waals surface area contributed by atoms with E-state index in [1.54, 1.807) is 43.5 Å². The average molecular weight is 300 g/mol. The van der Waals surface area contributed by atoms with Crippen LogP contribution in [0.25, 0.3) is 0 Å². The first kappa shape index (κ1) is 15.0. The monoisotopic (exact) mass is 300 g/mol. The molecule has 21 heavy (non-hydrogen) atoms. The molecule has 0 aromatic heterocycles. The number of nitrogens with one attached hydrogen (secondary N) is 1. The lowest BCUT2D eigenvalue weighted by Crippen LogP contribution is -2.14. The van der Waals surface area contributed by atoms with Gasteiger partial charge in [0, 0.05) is 16.8 Å². The molecule has 0 saturated carbocycles. The number of hydrogen-bond donors (Lipinski definition) is 2. The maximum Gasteiger partial charge on any atom is 0.255 e. The number of rotatable bonds is 4. The summed E-state index contributed by atoms with van der Waals surface area (Å²) >= 11 is 4.92. The fourth-order valence-electron chi connectivity index (χ4n) is 1.91. The predicted molar refractivity (Wildman–Crippen MR) is 88.0 cm³/mol. The minimum atomic E-state index is -0.214. The molecule has 108 valence electrons. The van der Waals surface area contributed by atoms with Gasteiger partial charge in [0.2, 0.25) is 0 Å². The Morgan fingerprint density at radius 2 is 1.95 bits per heavy atom. The smallest absolute Gasteiger partial charge is 0.255 e. The van der Waals surface area contributed by atoms with Crippen LogP contribution in [0.1, 0.15) is 21.5 Å². The topological polar surface area (TPSA) is 64.3 Å². The number of amides is 1. The Morgan fingerprint density at radius 3 is 2.62 bits per heavy atom. The van der Waals surface area contributed by atoms with E-state index in [4.69, 9.17) is 22.7 Å². The highest BCUT2D eigenvalue weighted by molar-refractivity contribution is 7.80. The summed E-state index contributed by atoms with van der Waals surface area (Å²) in [6.45, 7) is 1.92. The van der Waals surface area contributed by atoms with Crippen LogP contribution in [0, 0.1) is 6.92 Å². The number of aryl methyl sites for hydroxylation is 1. The number of hydrogen-bond acceptors (Lipinski definition) is 3. The van der Waals surface area contributed by atoms with Crippen molar-refractivity contribution in [3.8, 4) is 5.75 Å². The van der Waals surface area contributed by atoms with Crippen molar-refractivity contribution in [1.82, 2.24) is 0 Å². The second kappa shape index (κ2) is 6.37. The van der Waals surface area contributed by atoms with Crippen LogP contribution in [0.5, 0.6) is 5.75 Å². The van der Waals surface area contributed by atoms with Crippen molar-refractivity contribution in [3.63, 3.8) is 0 Å². The van der Waals surface area contributed by atoms with Crippen LogP contribution >= 0.6 is 12.2 Å². The molecule has 5 heteroatoms. The molecule has 0 unspecified atom stereocenters. The van der Waals surface area contributed by atoms with Crippen molar-refractivity contribution < 1.29 is 9.53 Å². The Balaban J connectivity index is 2.22. The summed E-state index contributed by atoms with van der Waals surface area (Å²) in [4.78, 5) is 12.5. The molecule has 1 amide bonds. The molecule has 4 nitrogen and oxygen atoms in total. The van der Waals surface area contributed by atoms with E-state index >= 15 is 0 Å². The first-order valence-corrected chi connectivity index (χ1v) is 6.78. The molecule has 0 aliphatic heterocycles. The van der Waals surface area contributed by atoms with Gasteiger partial charge in [0.25, 0.3) is 5.91 Å². The Hall–Kier alpha value is -2.40. The van der Waals surface area contributed by atoms with E-state index in [0.717, 1.165) is 5.56 Å². The van der Waals surface area contributed by atoms with Gasteiger partial charge in [-0.15, -0.1) is 0 Å². The van der Waals surface area contributed by atoms with Gasteiger partial charge in [0.05, 0.1) is 7.11 Å². The third kappa shape index (κ3) is 3.58. The van der Waals surface area contributed by atoms with Crippen LogP contribution in [-0.4, -0.2) is 18.0 Å². The van der Waals surface area contributed by atoms with Gasteiger partial charge < -0.3 is 15.8 Å². The summed E-state index contributed by atoms with van der Waals surface area (Å²) in [7, 11) is 1.58. The minimum absolute atomic E-state index is 0.214. The fraction of sp³-hybridized carbons (Fsp3) is 0.125. The Morgan fingerprint density at radius 1 is 1.19 bits per heavy atom. The molecule has 0 spiro atoms. The van der Waals surface area contributed by atoms with Crippen molar-refractivity contribution in [2.45, 2.75) is 6.92 Å². The van der Waals surface area contributed by atoms with E-state index < -0.39 is 0 Å². The van der Waals surface area contributed by atoms with Crippen LogP contribution < -0.4 is 15.8 Å². The molecule has 2 rings (SSSR count). The molecule has 2 aromatic rings. The maximum atomic E-state index is 12.2. The number of benzene rings is 2. The summed E-state index contributed by atoms with van der Waals surface area (Å²) in [5.74, 6) is 0.466. The summed E-state index contributed by atoms with van der Waals surface area (Å²) < 4.78 is 5.22. The summed E-state index contributed by atoms with van der Waals surface area (Å²) in [6, 6.07) is 12.4. The Bertz CT molecular complexity index is 698. The molecular formula is C16H16N2O2S. The predicted octanol–water partition coefficient (Wildman–Crippen LogP) is 2.89. The van der Waals surface area contributed by atoms with Crippen molar-refractivity contribution in [2.75, 3.05) is 12.4 Å². The average Bonchev–Trinajstić information content (AvgIpc) is 2.47. The Labute approximate surface area is 128 Å². The zero-order chi connectivity index (χ0) is 15.4. The zero-order valence-corrected chi connectivity index (χ0v) is 12.7. The minimum Gasteiger partial charge on any atom is -0.496 e. The van der Waals surface area contributed by atoms with Crippen LogP contribution in [0.2, 0.25) is 0 Å². The number of thiocarbonyl (C=S) groups is 1. The summed E-state index contributed by atoms with van der Waals surface area (Å²) in [6.07, 6.45) is 0. The molecule has 0 saturated heterocycles. The van der Waals surface area contributed by atoms with Gasteiger partial charge in [-0.1, -0.05) is 30.4 Å². The highest BCUT2D eigenvalue weighted by atomic mass is 32.1. The van der Waals surface area contributed by atoms with Crippen LogP contribution in [0.4, 0.5) is 5.69 Å². The molecule has 0 radical (unpaired) electrons. The highest BCUT2D eigenvalue weighted by Crippen LogP contribution is 2.20. The molecular weight excluding hydrogens is 284 g/mol. The lowest BCUT2D eigenvalue weighted by molar-refractivity contribution is 0.102. The van der Waals surface area contributed by atoms with Crippen molar-refractivity contribution in [2.24, 2.45) is 5.73 Å². The highest BCUT2D eigenvalue weighted by Gasteiger charge is 2.09. The molecule has 0 heterocycles. The van der Waals surface area contributed by atoms with Crippen molar-refractivity contribution in [3.05, 3.63) is 59.2 Å². The maximum absolute atomic E-state index is 12.2. The Kier molecular flexibility index (Phi) is 4.55. The van der Waals surface area contributed by atoms with Gasteiger partial charge in [0.15, 0.2) is 0 Å². The molecule has 0 fully saturated rings. The first-order chi connectivity index (χ1) is 10.0. The van der Waals surface area contributed by atoms with E-state index in [1.807, 2.05) is 13.0 Å². The number of methoxy groups -OCH3 is 1. The summed E-state index contributed by atoms with van der Waals surface area (Å²) in [5, 5.41) is 2.81. The lowest BCUT2D eigenvalue weighted by atomic mass is 10.1. The van der Waals surface area contributed by atoms with Gasteiger partial charge >= 0.3 is 0 Å². The number of carbonyl (C=O) groups excluding carboxylic acids is 1. The quantitative estimate of drug-likeness (QED) is 0.852. The fourth-order valence-corrected chi connectivity index (χ4v) is 2.04. The SMILES string of the molecule is COc1cc(C(=O)Nc2cccc(C(N)=S)c2)ccc1C. The van der Waals surface area contributed by atoms with Crippen molar-refractivity contribution >= 4 is 28.8 Å². The van der Waals surface area contributed by atoms with Crippen LogP contribution in [-0.2, 0) is 0 Å². The summed E-state index contributed by atoms with van der Waals surface area (Å²) in [5.41, 5.74) is 8.44. The zero-order valence-electron chi connectivity index (χ0n) is 11.8. The molecule has 0 aliphatic rings. The third-order valence-corrected chi connectivity index (χ3v) is 3.31. The molecule has 0 bridgehead atoms. The van der Waals surface area contributed by atoms with E-state index in [-0.39, 0.29) is 5.91 Å². The van der Waals surface area contributed by atoms with E-state index in [1.165, 1.54) is 0 Å². The van der Waals surface area contributed by atoms with Gasteiger partial charge in [-0.3, -0.25) is 4.79 Å². The van der Waals surface area contributed by atoms with E-state index in [2.05, 4.69) is 5.32 Å². The van der Waals surface area contributed by atoms with Crippen LogP contribution in [0.15, 0.2) is 42.5 Å². The van der Waals surface area contributed by atoms with E-state index in [9.17, 15) is 4.79 Å². The number of nitrogens with two attached hydrogens (primary N) is 1. The van der Waals surface area contributed by atoms with Gasteiger partial charge in [-0.2, -0.15) is 0 Å². The van der Waals surface area contributed by atoms with E-state index in [0.29, 0.717) is 27.6 Å². The molecule has 0 atom stereocenters. The van der Waals surface area contributed by atoms with Gasteiger partial charge in [-0.25, -0.2) is 0 Å².